The van der Waals surface area contributed by atoms with E-state index >= 15 is 0 Å². The first-order valence-corrected chi connectivity index (χ1v) is 10.1. The molecule has 0 aliphatic heterocycles. The SMILES string of the molecule is CC(Nc1ccc2nnc(-c3ccsc3)n2n1)c1noc(Cc2ccccc2)n1. The van der Waals surface area contributed by atoms with Gasteiger partial charge in [-0.3, -0.25) is 0 Å². The molecule has 29 heavy (non-hydrogen) atoms. The number of thiophene rings is 1. The van der Waals surface area contributed by atoms with E-state index in [1.54, 1.807) is 15.9 Å². The molecule has 9 heteroatoms. The van der Waals surface area contributed by atoms with Crippen LogP contribution in [-0.2, 0) is 6.42 Å². The molecule has 144 valence electrons. The predicted molar refractivity (Wildman–Crippen MR) is 110 cm³/mol. The third-order valence-corrected chi connectivity index (χ3v) is 5.16. The standard InChI is InChI=1S/C20H17N7OS/c1-13(19-22-18(28-26-19)11-14-5-3-2-4-6-14)21-16-7-8-17-23-24-20(27(17)25-16)15-9-10-29-12-15/h2-10,12-13H,11H2,1H3,(H,21,25). The summed E-state index contributed by atoms with van der Waals surface area (Å²) >= 11 is 1.61. The predicted octanol–water partition coefficient (Wildman–Crippen LogP) is 4.00. The summed E-state index contributed by atoms with van der Waals surface area (Å²) < 4.78 is 7.14. The van der Waals surface area contributed by atoms with E-state index in [0.717, 1.165) is 11.1 Å². The third-order valence-electron chi connectivity index (χ3n) is 4.48. The lowest BCUT2D eigenvalue weighted by Crippen LogP contribution is -2.11. The van der Waals surface area contributed by atoms with Crippen LogP contribution in [0, 0.1) is 0 Å². The monoisotopic (exact) mass is 403 g/mol. The lowest BCUT2D eigenvalue weighted by molar-refractivity contribution is 0.377. The second-order valence-electron chi connectivity index (χ2n) is 6.60. The lowest BCUT2D eigenvalue weighted by atomic mass is 10.1. The van der Waals surface area contributed by atoms with Gasteiger partial charge in [-0.15, -0.1) is 15.3 Å². The van der Waals surface area contributed by atoms with Crippen LogP contribution in [0.3, 0.4) is 0 Å². The number of aromatic nitrogens is 6. The van der Waals surface area contributed by atoms with Gasteiger partial charge in [0.2, 0.25) is 5.89 Å². The number of anilines is 1. The molecule has 0 radical (unpaired) electrons. The van der Waals surface area contributed by atoms with Gasteiger partial charge in [0.15, 0.2) is 17.3 Å². The van der Waals surface area contributed by atoms with Gasteiger partial charge in [-0.05, 0) is 36.1 Å². The molecule has 0 aliphatic rings. The van der Waals surface area contributed by atoms with E-state index in [-0.39, 0.29) is 6.04 Å². The number of hydrogen-bond donors (Lipinski definition) is 1. The Kier molecular flexibility index (Phi) is 4.49. The Morgan fingerprint density at radius 2 is 2.00 bits per heavy atom. The van der Waals surface area contributed by atoms with Crippen LogP contribution < -0.4 is 5.32 Å². The highest BCUT2D eigenvalue weighted by atomic mass is 32.1. The molecule has 0 amide bonds. The molecule has 5 rings (SSSR count). The van der Waals surface area contributed by atoms with Gasteiger partial charge >= 0.3 is 0 Å². The van der Waals surface area contributed by atoms with Gasteiger partial charge in [-0.2, -0.15) is 20.8 Å². The van der Waals surface area contributed by atoms with Gasteiger partial charge in [0.1, 0.15) is 5.82 Å². The number of hydrogen-bond acceptors (Lipinski definition) is 8. The van der Waals surface area contributed by atoms with Crippen LogP contribution in [0.25, 0.3) is 17.0 Å². The molecule has 0 saturated carbocycles. The van der Waals surface area contributed by atoms with Crippen LogP contribution >= 0.6 is 11.3 Å². The van der Waals surface area contributed by atoms with Crippen molar-refractivity contribution in [2.75, 3.05) is 5.32 Å². The molecule has 4 aromatic heterocycles. The minimum absolute atomic E-state index is 0.172. The fourth-order valence-corrected chi connectivity index (χ4v) is 3.64. The van der Waals surface area contributed by atoms with Crippen molar-refractivity contribution in [1.29, 1.82) is 0 Å². The Morgan fingerprint density at radius 1 is 1.10 bits per heavy atom. The average Bonchev–Trinajstić information content (AvgIpc) is 3.49. The summed E-state index contributed by atoms with van der Waals surface area (Å²) in [5, 5.41) is 24.5. The summed E-state index contributed by atoms with van der Waals surface area (Å²) in [6.45, 7) is 1.97. The number of fused-ring (bicyclic) bond motifs is 1. The maximum atomic E-state index is 5.41. The first-order valence-electron chi connectivity index (χ1n) is 9.14. The first-order chi connectivity index (χ1) is 14.3. The van der Waals surface area contributed by atoms with Crippen LogP contribution in [0.4, 0.5) is 5.82 Å². The molecule has 8 nitrogen and oxygen atoms in total. The summed E-state index contributed by atoms with van der Waals surface area (Å²) in [6.07, 6.45) is 0.607. The number of rotatable bonds is 6. The molecule has 0 fully saturated rings. The summed E-state index contributed by atoms with van der Waals surface area (Å²) in [5.74, 6) is 2.56. The fraction of sp³-hybridized carbons (Fsp3) is 0.150. The summed E-state index contributed by atoms with van der Waals surface area (Å²) in [4.78, 5) is 4.51. The van der Waals surface area contributed by atoms with Gasteiger partial charge in [0.05, 0.1) is 12.5 Å². The van der Waals surface area contributed by atoms with Gasteiger partial charge in [0.25, 0.3) is 0 Å². The number of benzene rings is 1. The zero-order chi connectivity index (χ0) is 19.6. The van der Waals surface area contributed by atoms with Crippen molar-refractivity contribution in [3.05, 3.63) is 76.6 Å². The second-order valence-corrected chi connectivity index (χ2v) is 7.38. The topological polar surface area (TPSA) is 94.0 Å². The average molecular weight is 403 g/mol. The van der Waals surface area contributed by atoms with E-state index in [4.69, 9.17) is 4.52 Å². The van der Waals surface area contributed by atoms with Crippen LogP contribution in [-0.4, -0.2) is 30.0 Å². The molecule has 1 atom stereocenters. The molecular weight excluding hydrogens is 386 g/mol. The van der Waals surface area contributed by atoms with Crippen molar-refractivity contribution in [3.8, 4) is 11.4 Å². The Hall–Kier alpha value is -3.59. The smallest absolute Gasteiger partial charge is 0.231 e. The largest absolute Gasteiger partial charge is 0.359 e. The molecular formula is C20H17N7OS. The molecule has 0 aliphatic carbocycles. The van der Waals surface area contributed by atoms with E-state index in [2.05, 4.69) is 30.8 Å². The Balaban J connectivity index is 1.35. The summed E-state index contributed by atoms with van der Waals surface area (Å²) in [5.41, 5.74) is 2.81. The number of nitrogens with zero attached hydrogens (tertiary/aromatic N) is 6. The highest BCUT2D eigenvalue weighted by Crippen LogP contribution is 2.22. The summed E-state index contributed by atoms with van der Waals surface area (Å²) in [6, 6.07) is 15.6. The normalized spacial score (nSPS) is 12.3. The number of nitrogens with one attached hydrogen (secondary N) is 1. The molecule has 0 saturated heterocycles. The van der Waals surface area contributed by atoms with Crippen LogP contribution in [0.1, 0.15) is 30.2 Å². The summed E-state index contributed by atoms with van der Waals surface area (Å²) in [7, 11) is 0. The lowest BCUT2D eigenvalue weighted by Gasteiger charge is -2.10. The van der Waals surface area contributed by atoms with Crippen molar-refractivity contribution >= 4 is 22.8 Å². The Bertz CT molecular complexity index is 1230. The Labute approximate surface area is 170 Å². The van der Waals surface area contributed by atoms with Crippen LogP contribution in [0.15, 0.2) is 63.8 Å². The third kappa shape index (κ3) is 3.59. The minimum Gasteiger partial charge on any atom is -0.359 e. The van der Waals surface area contributed by atoms with E-state index in [9.17, 15) is 0 Å². The van der Waals surface area contributed by atoms with Crippen molar-refractivity contribution in [2.45, 2.75) is 19.4 Å². The van der Waals surface area contributed by atoms with Crippen molar-refractivity contribution in [1.82, 2.24) is 30.0 Å². The Morgan fingerprint density at radius 3 is 2.83 bits per heavy atom. The van der Waals surface area contributed by atoms with Gasteiger partial charge < -0.3 is 9.84 Å². The molecule has 1 aromatic carbocycles. The van der Waals surface area contributed by atoms with Gasteiger partial charge in [-0.1, -0.05) is 35.5 Å². The maximum absolute atomic E-state index is 5.41. The highest BCUT2D eigenvalue weighted by molar-refractivity contribution is 7.08. The molecule has 1 unspecified atom stereocenters. The van der Waals surface area contributed by atoms with Gasteiger partial charge in [0, 0.05) is 10.9 Å². The molecule has 1 N–H and O–H groups in total. The fourth-order valence-electron chi connectivity index (χ4n) is 3.01. The van der Waals surface area contributed by atoms with Crippen molar-refractivity contribution in [2.24, 2.45) is 0 Å². The van der Waals surface area contributed by atoms with Crippen molar-refractivity contribution in [3.63, 3.8) is 0 Å². The quantitative estimate of drug-likeness (QED) is 0.458. The highest BCUT2D eigenvalue weighted by Gasteiger charge is 2.16. The first kappa shape index (κ1) is 17.5. The maximum Gasteiger partial charge on any atom is 0.231 e. The minimum atomic E-state index is -0.172. The molecule has 5 aromatic rings. The van der Waals surface area contributed by atoms with Crippen LogP contribution in [0.2, 0.25) is 0 Å². The zero-order valence-corrected chi connectivity index (χ0v) is 16.4. The second kappa shape index (κ2) is 7.44. The van der Waals surface area contributed by atoms with E-state index in [0.29, 0.717) is 35.4 Å². The molecule has 0 spiro atoms. The van der Waals surface area contributed by atoms with Crippen molar-refractivity contribution < 1.29 is 4.52 Å². The van der Waals surface area contributed by atoms with E-state index in [1.165, 1.54) is 0 Å². The molecule has 0 bridgehead atoms. The molecule has 4 heterocycles. The van der Waals surface area contributed by atoms with Crippen LogP contribution in [0.5, 0.6) is 0 Å². The van der Waals surface area contributed by atoms with Gasteiger partial charge in [-0.25, -0.2) is 0 Å². The zero-order valence-electron chi connectivity index (χ0n) is 15.6. The van der Waals surface area contributed by atoms with E-state index < -0.39 is 0 Å². The van der Waals surface area contributed by atoms with E-state index in [1.807, 2.05) is 66.2 Å².